The average molecular weight is 343 g/mol. The fourth-order valence-electron chi connectivity index (χ4n) is 2.08. The van der Waals surface area contributed by atoms with Crippen molar-refractivity contribution in [3.8, 4) is 11.8 Å². The molecule has 1 atom stereocenters. The summed E-state index contributed by atoms with van der Waals surface area (Å²) in [5.41, 5.74) is 8.05. The van der Waals surface area contributed by atoms with Gasteiger partial charge in [0.1, 0.15) is 0 Å². The van der Waals surface area contributed by atoms with E-state index in [1.165, 1.54) is 25.6 Å². The molecule has 0 aliphatic heterocycles. The number of ether oxygens (including phenoxy) is 2. The van der Waals surface area contributed by atoms with Crippen LogP contribution in [0.3, 0.4) is 0 Å². The fourth-order valence-corrected chi connectivity index (χ4v) is 2.82. The van der Waals surface area contributed by atoms with Crippen LogP contribution in [0.4, 0.5) is 11.1 Å². The van der Waals surface area contributed by atoms with Gasteiger partial charge < -0.3 is 15.2 Å². The lowest BCUT2D eigenvalue weighted by molar-refractivity contribution is 0.373. The quantitative estimate of drug-likeness (QED) is 0.710. The number of nitrogens with two attached hydrogens (primary N) is 1. The number of thiazole rings is 1. The summed E-state index contributed by atoms with van der Waals surface area (Å²) in [7, 11) is 3.07. The van der Waals surface area contributed by atoms with Gasteiger partial charge in [0.05, 0.1) is 32.0 Å². The van der Waals surface area contributed by atoms with Gasteiger partial charge in [-0.1, -0.05) is 30.3 Å². The summed E-state index contributed by atoms with van der Waals surface area (Å²) >= 11 is 1.43. The highest BCUT2D eigenvalue weighted by atomic mass is 32.1. The van der Waals surface area contributed by atoms with E-state index in [0.717, 1.165) is 11.3 Å². The van der Waals surface area contributed by atoms with Gasteiger partial charge >= 0.3 is 0 Å². The molecule has 0 fully saturated rings. The van der Waals surface area contributed by atoms with Gasteiger partial charge in [0, 0.05) is 5.38 Å². The lowest BCUT2D eigenvalue weighted by Gasteiger charge is -2.09. The van der Waals surface area contributed by atoms with Crippen molar-refractivity contribution in [2.24, 2.45) is 5.73 Å². The molecular formula is C16H17N5O2S. The molecule has 0 aliphatic rings. The number of aromatic nitrogens is 3. The van der Waals surface area contributed by atoms with Gasteiger partial charge in [-0.2, -0.15) is 9.97 Å². The zero-order valence-electron chi connectivity index (χ0n) is 13.3. The first kappa shape index (κ1) is 16.2. The molecule has 2 heterocycles. The first-order valence-electron chi connectivity index (χ1n) is 7.19. The summed E-state index contributed by atoms with van der Waals surface area (Å²) in [5, 5.41) is 5.61. The number of nitrogens with zero attached hydrogens (tertiary/aromatic N) is 3. The van der Waals surface area contributed by atoms with E-state index in [0.29, 0.717) is 22.8 Å². The lowest BCUT2D eigenvalue weighted by Crippen LogP contribution is -2.12. The summed E-state index contributed by atoms with van der Waals surface area (Å²) in [4.78, 5) is 13.0. The van der Waals surface area contributed by atoms with Crippen LogP contribution in [-0.4, -0.2) is 29.2 Å². The number of rotatable bonds is 6. The summed E-state index contributed by atoms with van der Waals surface area (Å²) in [6.45, 7) is 0. The number of hydrogen-bond donors (Lipinski definition) is 2. The number of methoxy groups -OCH3 is 2. The predicted octanol–water partition coefficient (Wildman–Crippen LogP) is 2.74. The summed E-state index contributed by atoms with van der Waals surface area (Å²) in [6.07, 6.45) is 0. The van der Waals surface area contributed by atoms with Crippen LogP contribution >= 0.6 is 11.3 Å². The normalized spacial score (nSPS) is 11.8. The van der Waals surface area contributed by atoms with E-state index in [-0.39, 0.29) is 6.04 Å². The van der Waals surface area contributed by atoms with E-state index in [2.05, 4.69) is 20.3 Å². The Hall–Kier alpha value is -2.71. The van der Waals surface area contributed by atoms with Gasteiger partial charge in [0.15, 0.2) is 5.13 Å². The minimum atomic E-state index is -0.279. The molecule has 0 spiro atoms. The van der Waals surface area contributed by atoms with Crippen molar-refractivity contribution in [3.05, 3.63) is 53.0 Å². The smallest absolute Gasteiger partial charge is 0.235 e. The molecule has 24 heavy (non-hydrogen) atoms. The molecule has 0 radical (unpaired) electrons. The molecule has 3 rings (SSSR count). The summed E-state index contributed by atoms with van der Waals surface area (Å²) in [6, 6.07) is 11.1. The van der Waals surface area contributed by atoms with Crippen LogP contribution in [0.2, 0.25) is 0 Å². The molecule has 3 aromatic rings. The first-order chi connectivity index (χ1) is 11.7. The summed E-state index contributed by atoms with van der Waals surface area (Å²) < 4.78 is 10.3. The second kappa shape index (κ2) is 7.24. The highest BCUT2D eigenvalue weighted by Crippen LogP contribution is 2.26. The Morgan fingerprint density at radius 2 is 1.71 bits per heavy atom. The van der Waals surface area contributed by atoms with Crippen LogP contribution in [0.25, 0.3) is 0 Å². The van der Waals surface area contributed by atoms with E-state index >= 15 is 0 Å². The molecule has 2 aromatic heterocycles. The van der Waals surface area contributed by atoms with Crippen molar-refractivity contribution >= 4 is 22.4 Å². The molecule has 8 heteroatoms. The third-order valence-electron chi connectivity index (χ3n) is 3.32. The molecule has 0 amide bonds. The number of nitrogens with one attached hydrogen (secondary N) is 1. The van der Waals surface area contributed by atoms with E-state index in [9.17, 15) is 0 Å². The minimum absolute atomic E-state index is 0.279. The Morgan fingerprint density at radius 3 is 2.33 bits per heavy atom. The minimum Gasteiger partial charge on any atom is -0.481 e. The van der Waals surface area contributed by atoms with Gasteiger partial charge in [0.2, 0.25) is 17.7 Å². The molecule has 0 aliphatic carbocycles. The lowest BCUT2D eigenvalue weighted by atomic mass is 10.1. The van der Waals surface area contributed by atoms with Crippen LogP contribution < -0.4 is 20.5 Å². The maximum atomic E-state index is 6.26. The van der Waals surface area contributed by atoms with Gasteiger partial charge in [-0.3, -0.25) is 5.32 Å². The van der Waals surface area contributed by atoms with Crippen molar-refractivity contribution in [2.75, 3.05) is 19.5 Å². The first-order valence-corrected chi connectivity index (χ1v) is 8.07. The van der Waals surface area contributed by atoms with E-state index in [1.54, 1.807) is 6.07 Å². The van der Waals surface area contributed by atoms with Crippen LogP contribution in [-0.2, 0) is 0 Å². The predicted molar refractivity (Wildman–Crippen MR) is 93.0 cm³/mol. The standard InChI is InChI=1S/C16H17N5O2S/c1-22-12-8-13(23-2)20-15(19-12)21-16-18-11(9-24-16)14(17)10-6-4-3-5-7-10/h3-9,14H,17H2,1-2H3,(H,18,19,20,21). The molecule has 0 saturated carbocycles. The Morgan fingerprint density at radius 1 is 1.04 bits per heavy atom. The van der Waals surface area contributed by atoms with Crippen LogP contribution in [0.1, 0.15) is 17.3 Å². The van der Waals surface area contributed by atoms with Crippen LogP contribution in [0.15, 0.2) is 41.8 Å². The van der Waals surface area contributed by atoms with Crippen LogP contribution in [0, 0.1) is 0 Å². The maximum absolute atomic E-state index is 6.26. The van der Waals surface area contributed by atoms with Crippen molar-refractivity contribution in [1.29, 1.82) is 0 Å². The van der Waals surface area contributed by atoms with Gasteiger partial charge in [-0.25, -0.2) is 4.98 Å². The molecule has 0 bridgehead atoms. The molecular weight excluding hydrogens is 326 g/mol. The maximum Gasteiger partial charge on any atom is 0.235 e. The van der Waals surface area contributed by atoms with Gasteiger partial charge in [0.25, 0.3) is 0 Å². The fraction of sp³-hybridized carbons (Fsp3) is 0.188. The number of anilines is 2. The topological polar surface area (TPSA) is 95.2 Å². The average Bonchev–Trinajstić information content (AvgIpc) is 3.09. The molecule has 1 unspecified atom stereocenters. The van der Waals surface area contributed by atoms with E-state index in [1.807, 2.05) is 35.7 Å². The Kier molecular flexibility index (Phi) is 4.88. The van der Waals surface area contributed by atoms with E-state index in [4.69, 9.17) is 15.2 Å². The largest absolute Gasteiger partial charge is 0.481 e. The molecule has 3 N–H and O–H groups in total. The number of hydrogen-bond acceptors (Lipinski definition) is 8. The monoisotopic (exact) mass is 343 g/mol. The Balaban J connectivity index is 1.79. The van der Waals surface area contributed by atoms with E-state index < -0.39 is 0 Å². The van der Waals surface area contributed by atoms with Crippen molar-refractivity contribution in [1.82, 2.24) is 15.0 Å². The molecule has 1 aromatic carbocycles. The summed E-state index contributed by atoms with van der Waals surface area (Å²) in [5.74, 6) is 1.16. The molecule has 7 nitrogen and oxygen atoms in total. The SMILES string of the molecule is COc1cc(OC)nc(Nc2nc(C(N)c3ccccc3)cs2)n1. The zero-order valence-corrected chi connectivity index (χ0v) is 14.1. The van der Waals surface area contributed by atoms with Crippen LogP contribution in [0.5, 0.6) is 11.8 Å². The third-order valence-corrected chi connectivity index (χ3v) is 4.09. The van der Waals surface area contributed by atoms with Crippen molar-refractivity contribution in [2.45, 2.75) is 6.04 Å². The van der Waals surface area contributed by atoms with Gasteiger partial charge in [-0.05, 0) is 5.56 Å². The highest BCUT2D eigenvalue weighted by molar-refractivity contribution is 7.13. The highest BCUT2D eigenvalue weighted by Gasteiger charge is 2.14. The second-order valence-corrected chi connectivity index (χ2v) is 5.73. The second-order valence-electron chi connectivity index (χ2n) is 4.87. The van der Waals surface area contributed by atoms with Crippen molar-refractivity contribution < 1.29 is 9.47 Å². The Bertz CT molecular complexity index is 787. The third kappa shape index (κ3) is 3.61. The molecule has 0 saturated heterocycles. The van der Waals surface area contributed by atoms with Gasteiger partial charge in [-0.15, -0.1) is 11.3 Å². The molecule has 124 valence electrons. The zero-order chi connectivity index (χ0) is 16.9. The number of benzene rings is 1. The Labute approximate surface area is 143 Å². The van der Waals surface area contributed by atoms with Crippen molar-refractivity contribution in [3.63, 3.8) is 0 Å².